The quantitative estimate of drug-likeness (QED) is 0.829. The van der Waals surface area contributed by atoms with E-state index in [0.717, 1.165) is 18.9 Å². The minimum Gasteiger partial charge on any atom is -0.339 e. The zero-order chi connectivity index (χ0) is 17.0. The number of rotatable bonds is 5. The molecule has 1 aromatic rings. The molecule has 0 N–H and O–H groups in total. The minimum absolute atomic E-state index is 0.0616. The second-order valence-corrected chi connectivity index (χ2v) is 6.80. The lowest BCUT2D eigenvalue weighted by Gasteiger charge is -2.38. The SMILES string of the molecule is CC(C)c1nccn1CC(=O)N1CCN([C@H](C#N)C(C)C)CC1. The summed E-state index contributed by atoms with van der Waals surface area (Å²) in [6.45, 7) is 11.6. The molecule has 126 valence electrons. The van der Waals surface area contributed by atoms with Crippen molar-refractivity contribution in [3.05, 3.63) is 18.2 Å². The Bertz CT molecular complexity index is 564. The van der Waals surface area contributed by atoms with Crippen LogP contribution in [0.1, 0.15) is 39.4 Å². The van der Waals surface area contributed by atoms with Gasteiger partial charge in [0.1, 0.15) is 18.4 Å². The third kappa shape index (κ3) is 4.11. The molecule has 1 amide bonds. The largest absolute Gasteiger partial charge is 0.339 e. The van der Waals surface area contributed by atoms with Gasteiger partial charge in [-0.3, -0.25) is 9.69 Å². The predicted molar refractivity (Wildman–Crippen MR) is 88.7 cm³/mol. The molecule has 1 saturated heterocycles. The first-order chi connectivity index (χ1) is 10.9. The van der Waals surface area contributed by atoms with Gasteiger partial charge < -0.3 is 9.47 Å². The van der Waals surface area contributed by atoms with E-state index in [9.17, 15) is 10.1 Å². The van der Waals surface area contributed by atoms with Gasteiger partial charge in [-0.25, -0.2) is 4.98 Å². The molecular formula is C17H27N5O. The Morgan fingerprint density at radius 2 is 1.91 bits per heavy atom. The van der Waals surface area contributed by atoms with E-state index >= 15 is 0 Å². The van der Waals surface area contributed by atoms with Crippen molar-refractivity contribution in [3.63, 3.8) is 0 Å². The maximum Gasteiger partial charge on any atom is 0.242 e. The third-order valence-corrected chi connectivity index (χ3v) is 4.39. The standard InChI is InChI=1S/C17H27N5O/c1-13(2)15(11-18)20-7-9-21(10-8-20)16(23)12-22-6-5-19-17(22)14(3)4/h5-6,13-15H,7-10,12H2,1-4H3/t15-/m1/s1. The summed E-state index contributed by atoms with van der Waals surface area (Å²) in [5.41, 5.74) is 0. The number of carbonyl (C=O) groups is 1. The molecule has 0 aromatic carbocycles. The van der Waals surface area contributed by atoms with Crippen LogP contribution in [0.15, 0.2) is 12.4 Å². The van der Waals surface area contributed by atoms with Crippen molar-refractivity contribution in [2.75, 3.05) is 26.2 Å². The molecule has 1 aliphatic rings. The van der Waals surface area contributed by atoms with Crippen LogP contribution in [0.5, 0.6) is 0 Å². The number of carbonyl (C=O) groups excluding carboxylic acids is 1. The van der Waals surface area contributed by atoms with E-state index in [4.69, 9.17) is 0 Å². The topological polar surface area (TPSA) is 65.2 Å². The lowest BCUT2D eigenvalue weighted by Crippen LogP contribution is -2.53. The summed E-state index contributed by atoms with van der Waals surface area (Å²) in [6.07, 6.45) is 3.62. The predicted octanol–water partition coefficient (Wildman–Crippen LogP) is 1.70. The van der Waals surface area contributed by atoms with Crippen LogP contribution in [0.4, 0.5) is 0 Å². The number of hydrogen-bond donors (Lipinski definition) is 0. The molecule has 0 spiro atoms. The Morgan fingerprint density at radius 3 is 2.43 bits per heavy atom. The fourth-order valence-corrected chi connectivity index (χ4v) is 3.10. The van der Waals surface area contributed by atoms with Crippen molar-refractivity contribution in [2.45, 2.75) is 46.2 Å². The van der Waals surface area contributed by atoms with E-state index in [0.29, 0.717) is 31.5 Å². The highest BCUT2D eigenvalue weighted by Crippen LogP contribution is 2.15. The highest BCUT2D eigenvalue weighted by Gasteiger charge is 2.27. The fraction of sp³-hybridized carbons (Fsp3) is 0.706. The van der Waals surface area contributed by atoms with Crippen LogP contribution >= 0.6 is 0 Å². The molecular weight excluding hydrogens is 290 g/mol. The molecule has 23 heavy (non-hydrogen) atoms. The van der Waals surface area contributed by atoms with Gasteiger partial charge in [0.25, 0.3) is 0 Å². The van der Waals surface area contributed by atoms with Crippen LogP contribution in [-0.4, -0.2) is 57.5 Å². The summed E-state index contributed by atoms with van der Waals surface area (Å²) >= 11 is 0. The summed E-state index contributed by atoms with van der Waals surface area (Å²) in [6, 6.07) is 2.32. The lowest BCUT2D eigenvalue weighted by molar-refractivity contribution is -0.133. The lowest BCUT2D eigenvalue weighted by atomic mass is 10.0. The Hall–Kier alpha value is -1.87. The van der Waals surface area contributed by atoms with Crippen LogP contribution in [0.2, 0.25) is 0 Å². The van der Waals surface area contributed by atoms with E-state index in [1.54, 1.807) is 6.20 Å². The van der Waals surface area contributed by atoms with Crippen molar-refractivity contribution in [1.29, 1.82) is 5.26 Å². The summed E-state index contributed by atoms with van der Waals surface area (Å²) in [4.78, 5) is 20.9. The van der Waals surface area contributed by atoms with Crippen LogP contribution in [0.25, 0.3) is 0 Å². The molecule has 1 aliphatic heterocycles. The van der Waals surface area contributed by atoms with E-state index < -0.39 is 0 Å². The van der Waals surface area contributed by atoms with Crippen molar-refractivity contribution >= 4 is 5.91 Å². The second-order valence-electron chi connectivity index (χ2n) is 6.80. The van der Waals surface area contributed by atoms with Crippen LogP contribution in [0.3, 0.4) is 0 Å². The highest BCUT2D eigenvalue weighted by molar-refractivity contribution is 5.76. The van der Waals surface area contributed by atoms with Gasteiger partial charge >= 0.3 is 0 Å². The molecule has 1 aromatic heterocycles. The van der Waals surface area contributed by atoms with Crippen LogP contribution < -0.4 is 0 Å². The van der Waals surface area contributed by atoms with Gasteiger partial charge in [-0.1, -0.05) is 27.7 Å². The number of nitrogens with zero attached hydrogens (tertiary/aromatic N) is 5. The van der Waals surface area contributed by atoms with Crippen molar-refractivity contribution in [3.8, 4) is 6.07 Å². The first-order valence-corrected chi connectivity index (χ1v) is 8.36. The highest BCUT2D eigenvalue weighted by atomic mass is 16.2. The molecule has 0 aliphatic carbocycles. The van der Waals surface area contributed by atoms with Gasteiger partial charge in [-0.15, -0.1) is 0 Å². The molecule has 0 unspecified atom stereocenters. The zero-order valence-corrected chi connectivity index (χ0v) is 14.6. The Balaban J connectivity index is 1.91. The number of piperazine rings is 1. The van der Waals surface area contributed by atoms with Crippen LogP contribution in [-0.2, 0) is 11.3 Å². The monoisotopic (exact) mass is 317 g/mol. The zero-order valence-electron chi connectivity index (χ0n) is 14.6. The summed E-state index contributed by atoms with van der Waals surface area (Å²) in [5, 5.41) is 9.29. The number of hydrogen-bond acceptors (Lipinski definition) is 4. The fourth-order valence-electron chi connectivity index (χ4n) is 3.10. The molecule has 2 rings (SSSR count). The Labute approximate surface area is 138 Å². The van der Waals surface area contributed by atoms with E-state index in [1.807, 2.05) is 15.7 Å². The number of nitriles is 1. The van der Waals surface area contributed by atoms with Crippen LogP contribution in [0, 0.1) is 17.2 Å². The molecule has 1 atom stereocenters. The molecule has 1 fully saturated rings. The van der Waals surface area contributed by atoms with Gasteiger partial charge in [0.2, 0.25) is 5.91 Å². The van der Waals surface area contributed by atoms with Crippen molar-refractivity contribution < 1.29 is 4.79 Å². The first-order valence-electron chi connectivity index (χ1n) is 8.36. The number of amides is 1. The smallest absolute Gasteiger partial charge is 0.242 e. The van der Waals surface area contributed by atoms with Gasteiger partial charge in [0.05, 0.1) is 6.07 Å². The molecule has 6 nitrogen and oxygen atoms in total. The minimum atomic E-state index is -0.0616. The molecule has 2 heterocycles. The molecule has 6 heteroatoms. The van der Waals surface area contributed by atoms with E-state index in [2.05, 4.69) is 43.6 Å². The summed E-state index contributed by atoms with van der Waals surface area (Å²) in [7, 11) is 0. The van der Waals surface area contributed by atoms with Gasteiger partial charge in [-0.05, 0) is 5.92 Å². The second kappa shape index (κ2) is 7.60. The third-order valence-electron chi connectivity index (χ3n) is 4.39. The maximum atomic E-state index is 12.5. The Kier molecular flexibility index (Phi) is 5.78. The van der Waals surface area contributed by atoms with E-state index in [-0.39, 0.29) is 11.9 Å². The Morgan fingerprint density at radius 1 is 1.26 bits per heavy atom. The molecule has 0 saturated carbocycles. The molecule has 0 bridgehead atoms. The van der Waals surface area contributed by atoms with E-state index in [1.165, 1.54) is 0 Å². The molecule has 0 radical (unpaired) electrons. The maximum absolute atomic E-state index is 12.5. The van der Waals surface area contributed by atoms with Gasteiger partial charge in [0.15, 0.2) is 0 Å². The summed E-state index contributed by atoms with van der Waals surface area (Å²) < 4.78 is 1.94. The van der Waals surface area contributed by atoms with Gasteiger partial charge in [0, 0.05) is 44.5 Å². The summed E-state index contributed by atoms with van der Waals surface area (Å²) in [5.74, 6) is 1.68. The van der Waals surface area contributed by atoms with Gasteiger partial charge in [-0.2, -0.15) is 5.26 Å². The van der Waals surface area contributed by atoms with Crippen molar-refractivity contribution in [1.82, 2.24) is 19.4 Å². The normalized spacial score (nSPS) is 17.5. The average molecular weight is 317 g/mol. The van der Waals surface area contributed by atoms with Crippen molar-refractivity contribution in [2.24, 2.45) is 5.92 Å². The first kappa shape index (κ1) is 17.5. The number of aromatic nitrogens is 2. The average Bonchev–Trinajstić information content (AvgIpc) is 2.96. The number of imidazole rings is 1.